The highest BCUT2D eigenvalue weighted by atomic mass is 32.2. The van der Waals surface area contributed by atoms with Gasteiger partial charge in [0.1, 0.15) is 0 Å². The zero-order chi connectivity index (χ0) is 15.5. The fourth-order valence-corrected chi connectivity index (χ4v) is 4.08. The Labute approximate surface area is 128 Å². The molecule has 0 aromatic heterocycles. The lowest BCUT2D eigenvalue weighted by atomic mass is 10.1. The molecule has 118 valence electrons. The van der Waals surface area contributed by atoms with E-state index >= 15 is 0 Å². The molecule has 0 spiro atoms. The minimum absolute atomic E-state index is 0.0951. The standard InChI is InChI=1S/C15H25N3O2S/c1-17(2)12-13-4-6-15(7-5-13)21(19,20)18(3)14-8-10-16-11-9-14/h4-7,14,16H,8-12H2,1-3H3. The van der Waals surface area contributed by atoms with Gasteiger partial charge in [0, 0.05) is 19.6 Å². The number of rotatable bonds is 5. The van der Waals surface area contributed by atoms with Gasteiger partial charge in [0.25, 0.3) is 0 Å². The van der Waals surface area contributed by atoms with Crippen LogP contribution < -0.4 is 5.32 Å². The van der Waals surface area contributed by atoms with Crippen LogP contribution in [0.5, 0.6) is 0 Å². The van der Waals surface area contributed by atoms with Gasteiger partial charge in [0.15, 0.2) is 0 Å². The Kier molecular flexibility index (Phi) is 5.37. The number of hydrogen-bond donors (Lipinski definition) is 1. The number of hydrogen-bond acceptors (Lipinski definition) is 4. The van der Waals surface area contributed by atoms with E-state index in [1.807, 2.05) is 26.2 Å². The molecule has 1 aliphatic heterocycles. The maximum absolute atomic E-state index is 12.7. The summed E-state index contributed by atoms with van der Waals surface area (Å²) in [5.74, 6) is 0. The Morgan fingerprint density at radius 2 is 1.67 bits per heavy atom. The highest BCUT2D eigenvalue weighted by molar-refractivity contribution is 7.89. The van der Waals surface area contributed by atoms with Crippen LogP contribution in [0.3, 0.4) is 0 Å². The molecular weight excluding hydrogens is 286 g/mol. The molecule has 0 radical (unpaired) electrons. The molecule has 1 heterocycles. The number of benzene rings is 1. The van der Waals surface area contributed by atoms with Crippen LogP contribution >= 0.6 is 0 Å². The average Bonchev–Trinajstić information content (AvgIpc) is 2.47. The molecule has 0 unspecified atom stereocenters. The van der Waals surface area contributed by atoms with Gasteiger partial charge in [0.2, 0.25) is 10.0 Å². The van der Waals surface area contributed by atoms with Gasteiger partial charge < -0.3 is 10.2 Å². The van der Waals surface area contributed by atoms with Gasteiger partial charge in [-0.15, -0.1) is 0 Å². The highest BCUT2D eigenvalue weighted by Gasteiger charge is 2.28. The molecule has 1 N–H and O–H groups in total. The van der Waals surface area contributed by atoms with E-state index in [-0.39, 0.29) is 6.04 Å². The van der Waals surface area contributed by atoms with E-state index in [1.165, 1.54) is 4.31 Å². The van der Waals surface area contributed by atoms with Crippen LogP contribution in [-0.2, 0) is 16.6 Å². The molecule has 1 aromatic rings. The van der Waals surface area contributed by atoms with Crippen LogP contribution in [0.15, 0.2) is 29.2 Å². The molecule has 0 atom stereocenters. The summed E-state index contributed by atoms with van der Waals surface area (Å²) in [6, 6.07) is 7.31. The van der Waals surface area contributed by atoms with E-state index in [4.69, 9.17) is 0 Å². The molecular formula is C15H25N3O2S. The van der Waals surface area contributed by atoms with Crippen LogP contribution in [0.2, 0.25) is 0 Å². The maximum atomic E-state index is 12.7. The average molecular weight is 311 g/mol. The van der Waals surface area contributed by atoms with Crippen molar-refractivity contribution in [1.82, 2.24) is 14.5 Å². The first-order chi connectivity index (χ1) is 9.91. The third kappa shape index (κ3) is 4.03. The normalized spacial score (nSPS) is 17.6. The van der Waals surface area contributed by atoms with Crippen molar-refractivity contribution < 1.29 is 8.42 Å². The summed E-state index contributed by atoms with van der Waals surface area (Å²) in [7, 11) is 2.29. The lowest BCUT2D eigenvalue weighted by Crippen LogP contribution is -2.43. The molecule has 1 saturated heterocycles. The second-order valence-corrected chi connectivity index (χ2v) is 7.88. The summed E-state index contributed by atoms with van der Waals surface area (Å²) >= 11 is 0. The number of piperidine rings is 1. The zero-order valence-corrected chi connectivity index (χ0v) is 13.9. The van der Waals surface area contributed by atoms with E-state index in [0.717, 1.165) is 38.0 Å². The lowest BCUT2D eigenvalue weighted by Gasteiger charge is -2.30. The summed E-state index contributed by atoms with van der Waals surface area (Å²) in [6.07, 6.45) is 1.74. The van der Waals surface area contributed by atoms with Crippen LogP contribution in [0.4, 0.5) is 0 Å². The smallest absolute Gasteiger partial charge is 0.243 e. The van der Waals surface area contributed by atoms with E-state index in [1.54, 1.807) is 19.2 Å². The van der Waals surface area contributed by atoms with Crippen molar-refractivity contribution in [1.29, 1.82) is 0 Å². The molecule has 2 rings (SSSR count). The quantitative estimate of drug-likeness (QED) is 0.885. The van der Waals surface area contributed by atoms with E-state index < -0.39 is 10.0 Å². The topological polar surface area (TPSA) is 52.7 Å². The van der Waals surface area contributed by atoms with Crippen molar-refractivity contribution in [3.63, 3.8) is 0 Å². The third-order valence-corrected chi connectivity index (χ3v) is 5.85. The SMILES string of the molecule is CN(C)Cc1ccc(S(=O)(=O)N(C)C2CCNCC2)cc1. The predicted octanol–water partition coefficient (Wildman–Crippen LogP) is 1.12. The van der Waals surface area contributed by atoms with E-state index in [9.17, 15) is 8.42 Å². The van der Waals surface area contributed by atoms with Gasteiger partial charge >= 0.3 is 0 Å². The molecule has 1 aliphatic rings. The fourth-order valence-electron chi connectivity index (χ4n) is 2.66. The zero-order valence-electron chi connectivity index (χ0n) is 13.0. The van der Waals surface area contributed by atoms with Gasteiger partial charge in [-0.1, -0.05) is 12.1 Å². The highest BCUT2D eigenvalue weighted by Crippen LogP contribution is 2.21. The summed E-state index contributed by atoms with van der Waals surface area (Å²) in [4.78, 5) is 2.44. The molecule has 0 aliphatic carbocycles. The molecule has 0 saturated carbocycles. The van der Waals surface area contributed by atoms with Gasteiger partial charge in [-0.2, -0.15) is 4.31 Å². The first-order valence-electron chi connectivity index (χ1n) is 7.33. The molecule has 0 bridgehead atoms. The Morgan fingerprint density at radius 1 is 1.10 bits per heavy atom. The van der Waals surface area contributed by atoms with Crippen LogP contribution in [0.25, 0.3) is 0 Å². The van der Waals surface area contributed by atoms with Crippen LogP contribution in [0.1, 0.15) is 18.4 Å². The Balaban J connectivity index is 2.14. The van der Waals surface area contributed by atoms with E-state index in [0.29, 0.717) is 4.90 Å². The third-order valence-electron chi connectivity index (χ3n) is 3.92. The molecule has 21 heavy (non-hydrogen) atoms. The molecule has 0 amide bonds. The summed E-state index contributed by atoms with van der Waals surface area (Å²) < 4.78 is 26.9. The Hall–Kier alpha value is -0.950. The van der Waals surface area contributed by atoms with Crippen molar-refractivity contribution in [2.45, 2.75) is 30.3 Å². The molecule has 6 heteroatoms. The second-order valence-electron chi connectivity index (χ2n) is 5.88. The first kappa shape index (κ1) is 16.4. The monoisotopic (exact) mass is 311 g/mol. The Morgan fingerprint density at radius 3 is 2.19 bits per heavy atom. The van der Waals surface area contributed by atoms with Gasteiger partial charge in [0.05, 0.1) is 4.90 Å². The largest absolute Gasteiger partial charge is 0.317 e. The summed E-state index contributed by atoms with van der Waals surface area (Å²) in [5, 5.41) is 3.26. The van der Waals surface area contributed by atoms with Crippen LogP contribution in [0, 0.1) is 0 Å². The van der Waals surface area contributed by atoms with Crippen molar-refractivity contribution in [3.05, 3.63) is 29.8 Å². The Bertz CT molecular complexity index is 549. The van der Waals surface area contributed by atoms with Gasteiger partial charge in [-0.25, -0.2) is 8.42 Å². The number of nitrogens with zero attached hydrogens (tertiary/aromatic N) is 2. The van der Waals surface area contributed by atoms with Crippen molar-refractivity contribution >= 4 is 10.0 Å². The molecule has 1 aromatic carbocycles. The lowest BCUT2D eigenvalue weighted by molar-refractivity contribution is 0.296. The second kappa shape index (κ2) is 6.87. The van der Waals surface area contributed by atoms with Gasteiger partial charge in [-0.05, 0) is 57.7 Å². The van der Waals surface area contributed by atoms with Crippen molar-refractivity contribution in [3.8, 4) is 0 Å². The maximum Gasteiger partial charge on any atom is 0.243 e. The number of sulfonamides is 1. The fraction of sp³-hybridized carbons (Fsp3) is 0.600. The van der Waals surface area contributed by atoms with Crippen LogP contribution in [-0.4, -0.2) is 57.9 Å². The minimum atomic E-state index is -3.39. The van der Waals surface area contributed by atoms with Crippen molar-refractivity contribution in [2.75, 3.05) is 34.2 Å². The molecule has 1 fully saturated rings. The van der Waals surface area contributed by atoms with Crippen molar-refractivity contribution in [2.24, 2.45) is 0 Å². The van der Waals surface area contributed by atoms with Gasteiger partial charge in [-0.3, -0.25) is 0 Å². The number of nitrogens with one attached hydrogen (secondary N) is 1. The first-order valence-corrected chi connectivity index (χ1v) is 8.77. The van der Waals surface area contributed by atoms with E-state index in [2.05, 4.69) is 10.2 Å². The summed E-state index contributed by atoms with van der Waals surface area (Å²) in [5.41, 5.74) is 1.11. The predicted molar refractivity (Wildman–Crippen MR) is 84.7 cm³/mol. The summed E-state index contributed by atoms with van der Waals surface area (Å²) in [6.45, 7) is 2.57. The minimum Gasteiger partial charge on any atom is -0.317 e. The molecule has 5 nitrogen and oxygen atoms in total.